The highest BCUT2D eigenvalue weighted by Gasteiger charge is 2.08. The molecule has 0 aliphatic rings. The lowest BCUT2D eigenvalue weighted by Gasteiger charge is -2.10. The third-order valence-electron chi connectivity index (χ3n) is 1.87. The average Bonchev–Trinajstić information content (AvgIpc) is 2.04. The van der Waals surface area contributed by atoms with Gasteiger partial charge in [0.1, 0.15) is 0 Å². The molecule has 1 aromatic carbocycles. The van der Waals surface area contributed by atoms with Crippen LogP contribution in [0.3, 0.4) is 0 Å². The summed E-state index contributed by atoms with van der Waals surface area (Å²) in [6, 6.07) is 7.42. The van der Waals surface area contributed by atoms with Crippen molar-refractivity contribution in [1.29, 1.82) is 5.26 Å². The van der Waals surface area contributed by atoms with Crippen LogP contribution >= 0.6 is 11.6 Å². The first kappa shape index (κ1) is 10.0. The number of rotatable bonds is 2. The van der Waals surface area contributed by atoms with Crippen LogP contribution in [0.1, 0.15) is 23.6 Å². The van der Waals surface area contributed by atoms with Gasteiger partial charge in [-0.05, 0) is 24.1 Å². The molecular weight excluding hydrogens is 184 g/mol. The molecule has 0 heterocycles. The van der Waals surface area contributed by atoms with Crippen LogP contribution in [0.25, 0.3) is 0 Å². The smallest absolute Gasteiger partial charge is 0.0641 e. The van der Waals surface area contributed by atoms with Gasteiger partial charge in [-0.1, -0.05) is 23.7 Å². The van der Waals surface area contributed by atoms with Gasteiger partial charge in [-0.3, -0.25) is 0 Å². The Morgan fingerprint density at radius 3 is 2.85 bits per heavy atom. The maximum absolute atomic E-state index is 8.47. The van der Waals surface area contributed by atoms with Crippen LogP contribution in [0.15, 0.2) is 18.2 Å². The minimum absolute atomic E-state index is 0.280. The Kier molecular flexibility index (Phi) is 3.30. The molecule has 13 heavy (non-hydrogen) atoms. The summed E-state index contributed by atoms with van der Waals surface area (Å²) in [5, 5.41) is 9.11. The SMILES string of the molecule is Cc1ccc([C@H](N)CC#N)c(Cl)c1. The van der Waals surface area contributed by atoms with Crippen molar-refractivity contribution in [2.45, 2.75) is 19.4 Å². The standard InChI is InChI=1S/C10H11ClN2/c1-7-2-3-8(9(11)6-7)10(13)4-5-12/h2-3,6,10H,4,13H2,1H3/t10-/m1/s1. The Hall–Kier alpha value is -1.04. The fourth-order valence-electron chi connectivity index (χ4n) is 1.14. The van der Waals surface area contributed by atoms with Gasteiger partial charge >= 0.3 is 0 Å². The molecule has 0 aliphatic heterocycles. The highest BCUT2D eigenvalue weighted by atomic mass is 35.5. The number of nitrogens with two attached hydrogens (primary N) is 1. The van der Waals surface area contributed by atoms with Crippen molar-refractivity contribution in [3.63, 3.8) is 0 Å². The van der Waals surface area contributed by atoms with Crippen LogP contribution in [0.4, 0.5) is 0 Å². The van der Waals surface area contributed by atoms with Gasteiger partial charge in [0.05, 0.1) is 12.5 Å². The van der Waals surface area contributed by atoms with Gasteiger partial charge in [-0.2, -0.15) is 5.26 Å². The molecule has 0 saturated carbocycles. The molecule has 2 N–H and O–H groups in total. The zero-order valence-electron chi connectivity index (χ0n) is 7.42. The summed E-state index contributed by atoms with van der Waals surface area (Å²) in [7, 11) is 0. The first-order valence-corrected chi connectivity index (χ1v) is 4.41. The van der Waals surface area contributed by atoms with Gasteiger partial charge < -0.3 is 5.73 Å². The normalized spacial score (nSPS) is 12.2. The second-order valence-electron chi connectivity index (χ2n) is 2.99. The van der Waals surface area contributed by atoms with E-state index in [9.17, 15) is 0 Å². The van der Waals surface area contributed by atoms with E-state index >= 15 is 0 Å². The van der Waals surface area contributed by atoms with Crippen LogP contribution in [0.5, 0.6) is 0 Å². The van der Waals surface area contributed by atoms with E-state index in [-0.39, 0.29) is 6.04 Å². The first-order chi connectivity index (χ1) is 6.15. The Morgan fingerprint density at radius 1 is 1.62 bits per heavy atom. The summed E-state index contributed by atoms with van der Waals surface area (Å²) in [5.74, 6) is 0. The lowest BCUT2D eigenvalue weighted by Crippen LogP contribution is -2.09. The number of benzene rings is 1. The Bertz CT molecular complexity index is 341. The second-order valence-corrected chi connectivity index (χ2v) is 3.40. The second kappa shape index (κ2) is 4.27. The number of hydrogen-bond acceptors (Lipinski definition) is 2. The maximum Gasteiger partial charge on any atom is 0.0641 e. The molecule has 0 aromatic heterocycles. The molecule has 68 valence electrons. The summed E-state index contributed by atoms with van der Waals surface area (Å²) in [5.41, 5.74) is 7.69. The summed E-state index contributed by atoms with van der Waals surface area (Å²) >= 11 is 5.97. The molecular formula is C10H11ClN2. The molecule has 1 aromatic rings. The predicted molar refractivity (Wildman–Crippen MR) is 53.3 cm³/mol. The van der Waals surface area contributed by atoms with Crippen molar-refractivity contribution in [2.75, 3.05) is 0 Å². The van der Waals surface area contributed by atoms with Crippen molar-refractivity contribution < 1.29 is 0 Å². The molecule has 0 radical (unpaired) electrons. The largest absolute Gasteiger partial charge is 0.323 e. The van der Waals surface area contributed by atoms with Crippen molar-refractivity contribution in [2.24, 2.45) is 5.73 Å². The molecule has 1 rings (SSSR count). The molecule has 0 bridgehead atoms. The fourth-order valence-corrected chi connectivity index (χ4v) is 1.52. The predicted octanol–water partition coefficient (Wildman–Crippen LogP) is 2.56. The van der Waals surface area contributed by atoms with E-state index in [2.05, 4.69) is 0 Å². The molecule has 2 nitrogen and oxygen atoms in total. The van der Waals surface area contributed by atoms with Crippen molar-refractivity contribution >= 4 is 11.6 Å². The number of nitriles is 1. The third kappa shape index (κ3) is 2.45. The number of aryl methyl sites for hydroxylation is 1. The summed E-state index contributed by atoms with van der Waals surface area (Å²) in [4.78, 5) is 0. The van der Waals surface area contributed by atoms with Crippen molar-refractivity contribution in [1.82, 2.24) is 0 Å². The van der Waals surface area contributed by atoms with Crippen LogP contribution < -0.4 is 5.73 Å². The Morgan fingerprint density at radius 2 is 2.31 bits per heavy atom. The van der Waals surface area contributed by atoms with Crippen LogP contribution in [0, 0.1) is 18.3 Å². The quantitative estimate of drug-likeness (QED) is 0.787. The van der Waals surface area contributed by atoms with Gasteiger partial charge in [-0.15, -0.1) is 0 Å². The fraction of sp³-hybridized carbons (Fsp3) is 0.300. The first-order valence-electron chi connectivity index (χ1n) is 4.03. The molecule has 3 heteroatoms. The molecule has 0 aliphatic carbocycles. The number of nitrogens with zero attached hydrogens (tertiary/aromatic N) is 1. The molecule has 0 unspecified atom stereocenters. The highest BCUT2D eigenvalue weighted by Crippen LogP contribution is 2.24. The van der Waals surface area contributed by atoms with Gasteiger partial charge in [0.2, 0.25) is 0 Å². The third-order valence-corrected chi connectivity index (χ3v) is 2.19. The van der Waals surface area contributed by atoms with E-state index in [1.165, 1.54) is 0 Å². The molecule has 0 fully saturated rings. The zero-order chi connectivity index (χ0) is 9.84. The van der Waals surface area contributed by atoms with E-state index in [1.807, 2.05) is 31.2 Å². The topological polar surface area (TPSA) is 49.8 Å². The zero-order valence-corrected chi connectivity index (χ0v) is 8.17. The minimum Gasteiger partial charge on any atom is -0.323 e. The Balaban J connectivity index is 2.96. The highest BCUT2D eigenvalue weighted by molar-refractivity contribution is 6.31. The van der Waals surface area contributed by atoms with Crippen molar-refractivity contribution in [3.8, 4) is 6.07 Å². The minimum atomic E-state index is -0.280. The van der Waals surface area contributed by atoms with E-state index in [4.69, 9.17) is 22.6 Å². The summed E-state index contributed by atoms with van der Waals surface area (Å²) in [6.45, 7) is 1.96. The van der Waals surface area contributed by atoms with Gasteiger partial charge in [0.15, 0.2) is 0 Å². The number of halogens is 1. The van der Waals surface area contributed by atoms with E-state index in [0.29, 0.717) is 11.4 Å². The Labute approximate surface area is 82.9 Å². The lowest BCUT2D eigenvalue weighted by molar-refractivity contribution is 0.748. The van der Waals surface area contributed by atoms with Crippen LogP contribution in [-0.4, -0.2) is 0 Å². The van der Waals surface area contributed by atoms with Gasteiger partial charge in [0, 0.05) is 11.1 Å². The van der Waals surface area contributed by atoms with Gasteiger partial charge in [-0.25, -0.2) is 0 Å². The van der Waals surface area contributed by atoms with E-state index in [0.717, 1.165) is 11.1 Å². The monoisotopic (exact) mass is 194 g/mol. The average molecular weight is 195 g/mol. The number of hydrogen-bond donors (Lipinski definition) is 1. The molecule has 0 saturated heterocycles. The molecule has 1 atom stereocenters. The van der Waals surface area contributed by atoms with Crippen molar-refractivity contribution in [3.05, 3.63) is 34.3 Å². The summed E-state index contributed by atoms with van der Waals surface area (Å²) in [6.07, 6.45) is 0.294. The van der Waals surface area contributed by atoms with Crippen LogP contribution in [-0.2, 0) is 0 Å². The summed E-state index contributed by atoms with van der Waals surface area (Å²) < 4.78 is 0. The van der Waals surface area contributed by atoms with E-state index < -0.39 is 0 Å². The van der Waals surface area contributed by atoms with Gasteiger partial charge in [0.25, 0.3) is 0 Å². The molecule has 0 amide bonds. The van der Waals surface area contributed by atoms with E-state index in [1.54, 1.807) is 0 Å². The molecule has 0 spiro atoms. The maximum atomic E-state index is 8.47. The lowest BCUT2D eigenvalue weighted by atomic mass is 10.0. The van der Waals surface area contributed by atoms with Crippen LogP contribution in [0.2, 0.25) is 5.02 Å².